The Morgan fingerprint density at radius 3 is 2.62 bits per heavy atom. The fourth-order valence-corrected chi connectivity index (χ4v) is 8.07. The number of pyridine rings is 2. The number of aliphatic hydroxyl groups excluding tert-OH is 1. The van der Waals surface area contributed by atoms with Crippen LogP contribution in [0.3, 0.4) is 0 Å². The molecule has 12 nitrogen and oxygen atoms in total. The standard InChI is InChI=1S/C36H43N9O3/c1-19(39-35(46)24-16-38-43(18-24)25-7-8-25)28-10-6-22-12-30(42(34(22)40-28)17-21-4-5-21)33-20(2)44-31(41-33)13-23(14-32(44)48-3)36(47)45-26-9-11-29(45)27(37)15-26/h6,10,12-14,16,18-19,21,25-27,29,35,39,46H,4-5,7-9,11,15,17,37H2,1-3H3/t19-,26+,27-,29-,35?/m1/s1. The number of methoxy groups -OCH3 is 1. The van der Waals surface area contributed by atoms with E-state index in [-0.39, 0.29) is 30.1 Å². The van der Waals surface area contributed by atoms with Crippen LogP contribution in [-0.2, 0) is 6.54 Å². The fraction of sp³-hybridized carbons (Fsp3) is 0.500. The minimum atomic E-state index is -0.844. The molecule has 2 saturated carbocycles. The van der Waals surface area contributed by atoms with Gasteiger partial charge in [-0.3, -0.25) is 19.2 Å². The van der Waals surface area contributed by atoms with Gasteiger partial charge in [-0.15, -0.1) is 0 Å². The van der Waals surface area contributed by atoms with E-state index in [1.165, 1.54) is 12.8 Å². The van der Waals surface area contributed by atoms with Gasteiger partial charge < -0.3 is 25.0 Å². The summed E-state index contributed by atoms with van der Waals surface area (Å²) in [5.74, 6) is 1.18. The largest absolute Gasteiger partial charge is 0.482 e. The first kappa shape index (κ1) is 29.8. The number of ether oxygens (including phenoxy) is 1. The van der Waals surface area contributed by atoms with Crippen LogP contribution < -0.4 is 15.8 Å². The lowest BCUT2D eigenvalue weighted by molar-refractivity contribution is 0.0726. The van der Waals surface area contributed by atoms with Gasteiger partial charge in [-0.25, -0.2) is 9.97 Å². The number of nitrogens with one attached hydrogen (secondary N) is 1. The number of aromatic nitrogens is 6. The molecule has 5 aromatic rings. The Labute approximate surface area is 278 Å². The maximum atomic E-state index is 13.8. The van der Waals surface area contributed by atoms with Crippen molar-refractivity contribution in [3.63, 3.8) is 0 Å². The summed E-state index contributed by atoms with van der Waals surface area (Å²) in [4.78, 5) is 26.1. The third-order valence-electron chi connectivity index (χ3n) is 11.0. The van der Waals surface area contributed by atoms with Gasteiger partial charge in [0.15, 0.2) is 5.88 Å². The van der Waals surface area contributed by atoms with Crippen molar-refractivity contribution in [3.8, 4) is 17.3 Å². The van der Waals surface area contributed by atoms with Crippen molar-refractivity contribution in [2.45, 2.75) is 102 Å². The van der Waals surface area contributed by atoms with Gasteiger partial charge in [0.1, 0.15) is 23.2 Å². The fourth-order valence-electron chi connectivity index (χ4n) is 8.07. The van der Waals surface area contributed by atoms with Gasteiger partial charge in [0, 0.05) is 59.5 Å². The maximum absolute atomic E-state index is 13.8. The molecule has 2 bridgehead atoms. The summed E-state index contributed by atoms with van der Waals surface area (Å²) in [5, 5.41) is 19.7. The minimum absolute atomic E-state index is 0.00243. The first-order valence-corrected chi connectivity index (χ1v) is 17.4. The van der Waals surface area contributed by atoms with E-state index >= 15 is 0 Å². The molecule has 4 aliphatic rings. The molecule has 48 heavy (non-hydrogen) atoms. The molecule has 7 heterocycles. The van der Waals surface area contributed by atoms with Crippen molar-refractivity contribution < 1.29 is 14.6 Å². The first-order chi connectivity index (χ1) is 23.3. The molecule has 250 valence electrons. The lowest BCUT2D eigenvalue weighted by Crippen LogP contribution is -2.40. The molecule has 2 aliphatic carbocycles. The van der Waals surface area contributed by atoms with Gasteiger partial charge in [-0.1, -0.05) is 0 Å². The number of hydrogen-bond donors (Lipinski definition) is 3. The summed E-state index contributed by atoms with van der Waals surface area (Å²) >= 11 is 0. The number of nitrogens with zero attached hydrogens (tertiary/aromatic N) is 7. The van der Waals surface area contributed by atoms with E-state index in [0.29, 0.717) is 29.1 Å². The van der Waals surface area contributed by atoms with Gasteiger partial charge in [0.2, 0.25) is 0 Å². The van der Waals surface area contributed by atoms with Crippen LogP contribution in [0, 0.1) is 12.8 Å². The van der Waals surface area contributed by atoms with E-state index in [2.05, 4.69) is 34.0 Å². The number of carbonyl (C=O) groups excluding carboxylic acids is 1. The van der Waals surface area contributed by atoms with Crippen molar-refractivity contribution in [2.75, 3.05) is 7.11 Å². The Morgan fingerprint density at radius 2 is 1.92 bits per heavy atom. The summed E-state index contributed by atoms with van der Waals surface area (Å²) in [6.45, 7) is 4.93. The summed E-state index contributed by atoms with van der Waals surface area (Å²) in [7, 11) is 1.64. The zero-order valence-electron chi connectivity index (χ0n) is 27.7. The van der Waals surface area contributed by atoms with Crippen molar-refractivity contribution >= 4 is 22.6 Å². The Hall–Kier alpha value is -4.26. The number of fused-ring (bicyclic) bond motifs is 4. The number of imidazole rings is 1. The predicted molar refractivity (Wildman–Crippen MR) is 181 cm³/mol. The third-order valence-corrected chi connectivity index (χ3v) is 11.0. The summed E-state index contributed by atoms with van der Waals surface area (Å²) in [6, 6.07) is 10.7. The molecule has 0 spiro atoms. The van der Waals surface area contributed by atoms with Crippen LogP contribution in [-0.4, -0.2) is 69.9 Å². The lowest BCUT2D eigenvalue weighted by atomic mass is 9.97. The monoisotopic (exact) mass is 649 g/mol. The quantitative estimate of drug-likeness (QED) is 0.186. The topological polar surface area (TPSA) is 141 Å². The molecule has 12 heteroatoms. The van der Waals surface area contributed by atoms with Gasteiger partial charge in [0.25, 0.3) is 5.91 Å². The molecular formula is C36H43N9O3. The van der Waals surface area contributed by atoms with Gasteiger partial charge in [-0.05, 0) is 89.0 Å². The maximum Gasteiger partial charge on any atom is 0.254 e. The Balaban J connectivity index is 1.06. The summed E-state index contributed by atoms with van der Waals surface area (Å²) in [6.07, 6.45) is 10.4. The van der Waals surface area contributed by atoms with Crippen molar-refractivity contribution in [1.82, 2.24) is 38.9 Å². The highest BCUT2D eigenvalue weighted by Gasteiger charge is 2.47. The molecule has 4 fully saturated rings. The van der Waals surface area contributed by atoms with Crippen LogP contribution in [0.2, 0.25) is 0 Å². The zero-order chi connectivity index (χ0) is 32.8. The molecule has 9 rings (SSSR count). The number of nitrogens with two attached hydrogens (primary N) is 1. The van der Waals surface area contributed by atoms with Gasteiger partial charge in [-0.2, -0.15) is 5.10 Å². The summed E-state index contributed by atoms with van der Waals surface area (Å²) < 4.78 is 12.1. The Morgan fingerprint density at radius 1 is 1.10 bits per heavy atom. The molecule has 0 aromatic carbocycles. The van der Waals surface area contributed by atoms with Crippen LogP contribution in [0.5, 0.6) is 5.88 Å². The number of rotatable bonds is 10. The number of amides is 1. The van der Waals surface area contributed by atoms with E-state index in [4.69, 9.17) is 20.4 Å². The molecule has 2 saturated heterocycles. The van der Waals surface area contributed by atoms with Crippen LogP contribution in [0.1, 0.15) is 97.5 Å². The molecule has 5 atom stereocenters. The molecule has 1 amide bonds. The third kappa shape index (κ3) is 4.91. The second kappa shape index (κ2) is 11.1. The van der Waals surface area contributed by atoms with E-state index in [0.717, 1.165) is 78.0 Å². The molecule has 4 N–H and O–H groups in total. The molecule has 1 unspecified atom stereocenters. The van der Waals surface area contributed by atoms with Gasteiger partial charge in [0.05, 0.1) is 36.4 Å². The Bertz CT molecular complexity index is 2050. The smallest absolute Gasteiger partial charge is 0.254 e. The minimum Gasteiger partial charge on any atom is -0.482 e. The first-order valence-electron chi connectivity index (χ1n) is 17.4. The summed E-state index contributed by atoms with van der Waals surface area (Å²) in [5.41, 5.74) is 12.9. The van der Waals surface area contributed by atoms with Crippen LogP contribution in [0.25, 0.3) is 28.1 Å². The van der Waals surface area contributed by atoms with Crippen molar-refractivity contribution in [2.24, 2.45) is 11.7 Å². The highest BCUT2D eigenvalue weighted by molar-refractivity contribution is 5.96. The number of carbonyl (C=O) groups is 1. The van der Waals surface area contributed by atoms with E-state index in [1.54, 1.807) is 13.3 Å². The molecule has 5 aromatic heterocycles. The highest BCUT2D eigenvalue weighted by Crippen LogP contribution is 2.40. The van der Waals surface area contributed by atoms with Crippen molar-refractivity contribution in [1.29, 1.82) is 0 Å². The van der Waals surface area contributed by atoms with Crippen molar-refractivity contribution in [3.05, 3.63) is 65.2 Å². The lowest BCUT2D eigenvalue weighted by Gasteiger charge is -2.23. The van der Waals surface area contributed by atoms with Gasteiger partial charge >= 0.3 is 0 Å². The molecule has 2 aliphatic heterocycles. The number of aliphatic hydroxyl groups is 1. The second-order valence-electron chi connectivity index (χ2n) is 14.4. The Kier molecular flexibility index (Phi) is 6.93. The van der Waals surface area contributed by atoms with Crippen LogP contribution in [0.15, 0.2) is 42.7 Å². The SMILES string of the molecule is COc1cc(C(=O)N2[C@H]3CC[C@@H]2[C@H](N)C3)cc2nc(-c3cc4ccc([C@@H](C)NC(O)c5cnn(C6CC6)c5)nc4n3CC3CC3)c(C)n12. The van der Waals surface area contributed by atoms with Crippen LogP contribution >= 0.6 is 0 Å². The predicted octanol–water partition coefficient (Wildman–Crippen LogP) is 4.66. The van der Waals surface area contributed by atoms with E-state index in [1.807, 2.05) is 45.3 Å². The average Bonchev–Trinajstić information content (AvgIpc) is 3.89. The molecular weight excluding hydrogens is 606 g/mol. The average molecular weight is 650 g/mol. The molecule has 0 radical (unpaired) electrons. The van der Waals surface area contributed by atoms with E-state index < -0.39 is 6.23 Å². The van der Waals surface area contributed by atoms with Crippen LogP contribution in [0.4, 0.5) is 0 Å². The number of hydrogen-bond acceptors (Lipinski definition) is 8. The van der Waals surface area contributed by atoms with E-state index in [9.17, 15) is 9.90 Å². The zero-order valence-corrected chi connectivity index (χ0v) is 27.7. The second-order valence-corrected chi connectivity index (χ2v) is 14.4. The number of aryl methyl sites for hydroxylation is 1. The normalized spacial score (nSPS) is 23.4. The highest BCUT2D eigenvalue weighted by atomic mass is 16.5.